The summed E-state index contributed by atoms with van der Waals surface area (Å²) in [6.45, 7) is 2.42. The van der Waals surface area contributed by atoms with Crippen LogP contribution in [0.4, 0.5) is 0 Å². The Bertz CT molecular complexity index is 821. The fourth-order valence-electron chi connectivity index (χ4n) is 2.70. The summed E-state index contributed by atoms with van der Waals surface area (Å²) in [5.74, 6) is 1.59. The standard InChI is InChI=1S/C20H22N2O3/c1-20(23,16-6-10-18(25-3)11-7-16)19-13-22(14-21-19)12-15-4-8-17(24-2)9-5-15/h4-11,13-14,23H,12H2,1-3H3. The number of imidazole rings is 1. The molecule has 0 aliphatic carbocycles. The van der Waals surface area contributed by atoms with Crippen LogP contribution in [0.1, 0.15) is 23.7 Å². The molecule has 130 valence electrons. The van der Waals surface area contributed by atoms with Gasteiger partial charge >= 0.3 is 0 Å². The van der Waals surface area contributed by atoms with Gasteiger partial charge in [-0.05, 0) is 42.3 Å². The van der Waals surface area contributed by atoms with Gasteiger partial charge in [-0.15, -0.1) is 0 Å². The van der Waals surface area contributed by atoms with E-state index in [4.69, 9.17) is 9.47 Å². The van der Waals surface area contributed by atoms with E-state index in [-0.39, 0.29) is 0 Å². The zero-order chi connectivity index (χ0) is 17.9. The average molecular weight is 338 g/mol. The molecule has 0 spiro atoms. The molecule has 2 aromatic carbocycles. The number of benzene rings is 2. The molecule has 5 nitrogen and oxygen atoms in total. The molecule has 3 aromatic rings. The molecule has 0 radical (unpaired) electrons. The highest BCUT2D eigenvalue weighted by Gasteiger charge is 2.28. The summed E-state index contributed by atoms with van der Waals surface area (Å²) in [7, 11) is 3.27. The largest absolute Gasteiger partial charge is 0.497 e. The van der Waals surface area contributed by atoms with Crippen molar-refractivity contribution in [3.8, 4) is 11.5 Å². The normalized spacial score (nSPS) is 13.3. The van der Waals surface area contributed by atoms with Gasteiger partial charge in [0.05, 0.1) is 26.2 Å². The van der Waals surface area contributed by atoms with Gasteiger partial charge in [-0.3, -0.25) is 0 Å². The van der Waals surface area contributed by atoms with Crippen molar-refractivity contribution in [2.75, 3.05) is 14.2 Å². The van der Waals surface area contributed by atoms with Gasteiger partial charge in [0.25, 0.3) is 0 Å². The fourth-order valence-corrected chi connectivity index (χ4v) is 2.70. The highest BCUT2D eigenvalue weighted by Crippen LogP contribution is 2.29. The maximum atomic E-state index is 10.9. The smallest absolute Gasteiger partial charge is 0.130 e. The fraction of sp³-hybridized carbons (Fsp3) is 0.250. The minimum atomic E-state index is -1.17. The van der Waals surface area contributed by atoms with Crippen molar-refractivity contribution in [3.63, 3.8) is 0 Å². The first-order valence-electron chi connectivity index (χ1n) is 8.05. The lowest BCUT2D eigenvalue weighted by Crippen LogP contribution is -2.23. The quantitative estimate of drug-likeness (QED) is 0.750. The number of rotatable bonds is 6. The minimum Gasteiger partial charge on any atom is -0.497 e. The number of methoxy groups -OCH3 is 2. The van der Waals surface area contributed by atoms with Crippen LogP contribution >= 0.6 is 0 Å². The predicted molar refractivity (Wildman–Crippen MR) is 96.0 cm³/mol. The van der Waals surface area contributed by atoms with Crippen molar-refractivity contribution >= 4 is 0 Å². The molecule has 0 bridgehead atoms. The Morgan fingerprint density at radius 2 is 1.52 bits per heavy atom. The number of aromatic nitrogens is 2. The topological polar surface area (TPSA) is 56.5 Å². The van der Waals surface area contributed by atoms with Gasteiger partial charge in [0.1, 0.15) is 17.1 Å². The van der Waals surface area contributed by atoms with Crippen molar-refractivity contribution in [2.24, 2.45) is 0 Å². The predicted octanol–water partition coefficient (Wildman–Crippen LogP) is 3.20. The average Bonchev–Trinajstić information content (AvgIpc) is 3.12. The highest BCUT2D eigenvalue weighted by molar-refractivity contribution is 5.35. The summed E-state index contributed by atoms with van der Waals surface area (Å²) in [6.07, 6.45) is 3.60. The van der Waals surface area contributed by atoms with E-state index in [1.165, 1.54) is 0 Å². The van der Waals surface area contributed by atoms with Gasteiger partial charge in [0, 0.05) is 12.7 Å². The van der Waals surface area contributed by atoms with Gasteiger partial charge in [0.15, 0.2) is 0 Å². The molecule has 1 heterocycles. The summed E-state index contributed by atoms with van der Waals surface area (Å²) in [4.78, 5) is 4.39. The molecule has 0 aliphatic heterocycles. The Balaban J connectivity index is 1.78. The molecule has 1 unspecified atom stereocenters. The first-order chi connectivity index (χ1) is 12.0. The second kappa shape index (κ2) is 6.99. The number of ether oxygens (including phenoxy) is 2. The van der Waals surface area contributed by atoms with Crippen LogP contribution in [0.15, 0.2) is 61.1 Å². The zero-order valence-corrected chi connectivity index (χ0v) is 14.6. The molecule has 0 saturated heterocycles. The summed E-state index contributed by atoms with van der Waals surface area (Å²) in [5, 5.41) is 10.9. The molecule has 1 atom stereocenters. The van der Waals surface area contributed by atoms with Crippen LogP contribution in [0.3, 0.4) is 0 Å². The Labute approximate surface area is 147 Å². The first-order valence-corrected chi connectivity index (χ1v) is 8.05. The van der Waals surface area contributed by atoms with Gasteiger partial charge in [-0.25, -0.2) is 4.98 Å². The van der Waals surface area contributed by atoms with Crippen LogP contribution in [0.25, 0.3) is 0 Å². The van der Waals surface area contributed by atoms with Gasteiger partial charge < -0.3 is 19.1 Å². The first kappa shape index (κ1) is 17.0. The number of hydrogen-bond acceptors (Lipinski definition) is 4. The SMILES string of the molecule is COc1ccc(Cn2cnc(C(C)(O)c3ccc(OC)cc3)c2)cc1. The molecule has 0 amide bonds. The molecule has 1 N–H and O–H groups in total. The zero-order valence-electron chi connectivity index (χ0n) is 14.6. The van der Waals surface area contributed by atoms with Gasteiger partial charge in [-0.2, -0.15) is 0 Å². The van der Waals surface area contributed by atoms with E-state index in [1.54, 1.807) is 27.5 Å². The van der Waals surface area contributed by atoms with Crippen LogP contribution in [0.2, 0.25) is 0 Å². The Kier molecular flexibility index (Phi) is 4.76. The second-order valence-corrected chi connectivity index (χ2v) is 6.08. The van der Waals surface area contributed by atoms with E-state index in [0.29, 0.717) is 12.2 Å². The third kappa shape index (κ3) is 3.67. The summed E-state index contributed by atoms with van der Waals surface area (Å²) in [6, 6.07) is 15.3. The molecular weight excluding hydrogens is 316 g/mol. The monoisotopic (exact) mass is 338 g/mol. The molecule has 3 rings (SSSR count). The van der Waals surface area contributed by atoms with Crippen LogP contribution in [-0.2, 0) is 12.1 Å². The van der Waals surface area contributed by atoms with E-state index in [1.807, 2.05) is 59.3 Å². The molecule has 5 heteroatoms. The van der Waals surface area contributed by atoms with Crippen molar-refractivity contribution < 1.29 is 14.6 Å². The lowest BCUT2D eigenvalue weighted by molar-refractivity contribution is 0.0977. The lowest BCUT2D eigenvalue weighted by Gasteiger charge is -2.21. The summed E-state index contributed by atoms with van der Waals surface area (Å²) >= 11 is 0. The molecular formula is C20H22N2O3. The Morgan fingerprint density at radius 1 is 0.960 bits per heavy atom. The van der Waals surface area contributed by atoms with Crippen LogP contribution in [-0.4, -0.2) is 28.9 Å². The van der Waals surface area contributed by atoms with Crippen LogP contribution < -0.4 is 9.47 Å². The minimum absolute atomic E-state index is 0.603. The number of aliphatic hydroxyl groups is 1. The van der Waals surface area contributed by atoms with E-state index >= 15 is 0 Å². The molecule has 25 heavy (non-hydrogen) atoms. The lowest BCUT2D eigenvalue weighted by atomic mass is 9.93. The molecule has 0 aliphatic rings. The van der Waals surface area contributed by atoms with E-state index in [2.05, 4.69) is 4.98 Å². The number of hydrogen-bond donors (Lipinski definition) is 1. The van der Waals surface area contributed by atoms with Gasteiger partial charge in [-0.1, -0.05) is 24.3 Å². The van der Waals surface area contributed by atoms with Crippen molar-refractivity contribution in [1.29, 1.82) is 0 Å². The highest BCUT2D eigenvalue weighted by atomic mass is 16.5. The second-order valence-electron chi connectivity index (χ2n) is 6.08. The van der Waals surface area contributed by atoms with E-state index < -0.39 is 5.60 Å². The van der Waals surface area contributed by atoms with Crippen LogP contribution in [0, 0.1) is 0 Å². The van der Waals surface area contributed by atoms with Gasteiger partial charge in [0.2, 0.25) is 0 Å². The third-order valence-corrected chi connectivity index (χ3v) is 4.31. The third-order valence-electron chi connectivity index (χ3n) is 4.31. The van der Waals surface area contributed by atoms with Crippen molar-refractivity contribution in [2.45, 2.75) is 19.1 Å². The molecule has 0 saturated carbocycles. The Hall–Kier alpha value is -2.79. The summed E-state index contributed by atoms with van der Waals surface area (Å²) < 4.78 is 12.3. The Morgan fingerprint density at radius 3 is 2.08 bits per heavy atom. The molecule has 1 aromatic heterocycles. The summed E-state index contributed by atoms with van der Waals surface area (Å²) in [5.41, 5.74) is 1.33. The maximum absolute atomic E-state index is 10.9. The van der Waals surface area contributed by atoms with Crippen LogP contribution in [0.5, 0.6) is 11.5 Å². The maximum Gasteiger partial charge on any atom is 0.130 e. The van der Waals surface area contributed by atoms with E-state index in [0.717, 1.165) is 22.6 Å². The van der Waals surface area contributed by atoms with E-state index in [9.17, 15) is 5.11 Å². The van der Waals surface area contributed by atoms with Crippen molar-refractivity contribution in [3.05, 3.63) is 77.9 Å². The molecule has 0 fully saturated rings. The van der Waals surface area contributed by atoms with Crippen molar-refractivity contribution in [1.82, 2.24) is 9.55 Å². The number of nitrogens with zero attached hydrogens (tertiary/aromatic N) is 2.